The van der Waals surface area contributed by atoms with Crippen LogP contribution in [-0.4, -0.2) is 33.2 Å². The maximum atomic E-state index is 13.0. The van der Waals surface area contributed by atoms with Crippen molar-refractivity contribution in [2.24, 2.45) is 5.92 Å². The molecule has 1 aliphatic rings. The number of carbonyl (C=O) groups excluding carboxylic acids is 2. The lowest BCUT2D eigenvalue weighted by Gasteiger charge is -2.27. The number of ketones is 1. The minimum absolute atomic E-state index is 0.194. The molecule has 30 heavy (non-hydrogen) atoms. The average molecular weight is 402 g/mol. The molecule has 5 heteroatoms. The number of H-pyrrole nitrogens is 1. The van der Waals surface area contributed by atoms with Crippen molar-refractivity contribution in [1.29, 1.82) is 0 Å². The van der Waals surface area contributed by atoms with Gasteiger partial charge in [0, 0.05) is 29.6 Å². The summed E-state index contributed by atoms with van der Waals surface area (Å²) < 4.78 is 0. The summed E-state index contributed by atoms with van der Waals surface area (Å²) in [6, 6.07) is 15.2. The number of hydrogen-bond acceptors (Lipinski definition) is 3. The van der Waals surface area contributed by atoms with Crippen LogP contribution in [0.3, 0.4) is 0 Å². The van der Waals surface area contributed by atoms with Crippen molar-refractivity contribution in [1.82, 2.24) is 9.88 Å². The minimum atomic E-state index is -0.571. The molecule has 1 unspecified atom stereocenters. The summed E-state index contributed by atoms with van der Waals surface area (Å²) in [6.07, 6.45) is 2.58. The van der Waals surface area contributed by atoms with E-state index in [1.54, 1.807) is 18.7 Å². The zero-order valence-corrected chi connectivity index (χ0v) is 17.5. The van der Waals surface area contributed by atoms with Gasteiger partial charge in [0.25, 0.3) is 5.91 Å². The van der Waals surface area contributed by atoms with Crippen LogP contribution < -0.4 is 0 Å². The van der Waals surface area contributed by atoms with E-state index in [1.165, 1.54) is 0 Å². The molecule has 154 valence electrons. The topological polar surface area (TPSA) is 73.4 Å². The lowest BCUT2D eigenvalue weighted by Crippen LogP contribution is -2.33. The molecular weight excluding hydrogens is 376 g/mol. The zero-order chi connectivity index (χ0) is 21.4. The molecule has 0 radical (unpaired) electrons. The van der Waals surface area contributed by atoms with Crippen LogP contribution in [-0.2, 0) is 16.0 Å². The summed E-state index contributed by atoms with van der Waals surface area (Å²) in [6.45, 7) is 5.96. The zero-order valence-electron chi connectivity index (χ0n) is 17.5. The third-order valence-corrected chi connectivity index (χ3v) is 5.78. The molecule has 1 atom stereocenters. The molecule has 4 rings (SSSR count). The maximum absolute atomic E-state index is 13.0. The highest BCUT2D eigenvalue weighted by Gasteiger charge is 2.43. The second kappa shape index (κ2) is 7.82. The van der Waals surface area contributed by atoms with Gasteiger partial charge in [-0.25, -0.2) is 0 Å². The largest absolute Gasteiger partial charge is 0.503 e. The molecule has 0 bridgehead atoms. The van der Waals surface area contributed by atoms with E-state index in [4.69, 9.17) is 0 Å². The Morgan fingerprint density at radius 1 is 1.13 bits per heavy atom. The number of benzene rings is 2. The molecule has 0 saturated carbocycles. The van der Waals surface area contributed by atoms with Crippen LogP contribution in [0, 0.1) is 12.8 Å². The van der Waals surface area contributed by atoms with Gasteiger partial charge in [-0.05, 0) is 30.5 Å². The number of aryl methyl sites for hydroxylation is 1. The van der Waals surface area contributed by atoms with Crippen molar-refractivity contribution in [3.63, 3.8) is 0 Å². The predicted octanol–water partition coefficient (Wildman–Crippen LogP) is 4.64. The number of fused-ring (bicyclic) bond motifs is 1. The van der Waals surface area contributed by atoms with Gasteiger partial charge in [0.15, 0.2) is 11.5 Å². The Morgan fingerprint density at radius 3 is 2.53 bits per heavy atom. The molecule has 2 N–H and O–H groups in total. The number of nitrogens with zero attached hydrogens (tertiary/aromatic N) is 1. The Hall–Kier alpha value is -3.34. The first kappa shape index (κ1) is 20.0. The summed E-state index contributed by atoms with van der Waals surface area (Å²) in [5, 5.41) is 11.7. The lowest BCUT2D eigenvalue weighted by molar-refractivity contribution is -0.129. The van der Waals surface area contributed by atoms with Crippen LogP contribution in [0.2, 0.25) is 0 Å². The van der Waals surface area contributed by atoms with Crippen molar-refractivity contribution in [3.8, 4) is 0 Å². The third-order valence-electron chi connectivity index (χ3n) is 5.78. The Balaban J connectivity index is 1.69. The van der Waals surface area contributed by atoms with Crippen LogP contribution >= 0.6 is 0 Å². The number of para-hydroxylation sites is 1. The summed E-state index contributed by atoms with van der Waals surface area (Å²) in [4.78, 5) is 30.8. The lowest BCUT2D eigenvalue weighted by atomic mass is 9.91. The molecule has 2 aromatic carbocycles. The SMILES string of the molecule is Cc1ccc(C2C(C(=O)C(C)C)=C(O)C(=O)N2CCc2c[nH]c3ccccc23)cc1. The van der Waals surface area contributed by atoms with E-state index in [0.29, 0.717) is 13.0 Å². The van der Waals surface area contributed by atoms with Crippen LogP contribution in [0.5, 0.6) is 0 Å². The number of carbonyl (C=O) groups is 2. The van der Waals surface area contributed by atoms with Gasteiger partial charge in [-0.1, -0.05) is 61.9 Å². The molecular formula is C25H26N2O3. The van der Waals surface area contributed by atoms with Gasteiger partial charge in [-0.15, -0.1) is 0 Å². The molecule has 1 aliphatic heterocycles. The van der Waals surface area contributed by atoms with Crippen molar-refractivity contribution >= 4 is 22.6 Å². The highest BCUT2D eigenvalue weighted by atomic mass is 16.3. The van der Waals surface area contributed by atoms with E-state index in [0.717, 1.165) is 27.6 Å². The van der Waals surface area contributed by atoms with Gasteiger partial charge in [0.1, 0.15) is 0 Å². The summed E-state index contributed by atoms with van der Waals surface area (Å²) in [5.74, 6) is -1.40. The number of aromatic amines is 1. The average Bonchev–Trinajstić information content (AvgIpc) is 3.26. The maximum Gasteiger partial charge on any atom is 0.290 e. The van der Waals surface area contributed by atoms with Gasteiger partial charge in [-0.2, -0.15) is 0 Å². The van der Waals surface area contributed by atoms with Gasteiger partial charge in [-0.3, -0.25) is 9.59 Å². The second-order valence-electron chi connectivity index (χ2n) is 8.20. The number of hydrogen-bond donors (Lipinski definition) is 2. The van der Waals surface area contributed by atoms with E-state index in [2.05, 4.69) is 4.98 Å². The van der Waals surface area contributed by atoms with Gasteiger partial charge in [0.2, 0.25) is 0 Å². The molecule has 0 aliphatic carbocycles. The quantitative estimate of drug-likeness (QED) is 0.631. The number of aliphatic hydroxyl groups is 1. The number of aliphatic hydroxyl groups excluding tert-OH is 1. The number of rotatable bonds is 6. The van der Waals surface area contributed by atoms with Gasteiger partial charge in [0.05, 0.1) is 11.6 Å². The molecule has 0 saturated heterocycles. The first-order chi connectivity index (χ1) is 14.4. The Bertz CT molecular complexity index is 1140. The Labute approximate surface area is 176 Å². The minimum Gasteiger partial charge on any atom is -0.503 e. The highest BCUT2D eigenvalue weighted by Crippen LogP contribution is 2.39. The molecule has 3 aromatic rings. The summed E-state index contributed by atoms with van der Waals surface area (Å²) in [5.41, 5.74) is 4.29. The first-order valence-electron chi connectivity index (χ1n) is 10.3. The highest BCUT2D eigenvalue weighted by molar-refractivity contribution is 6.09. The number of nitrogens with one attached hydrogen (secondary N) is 1. The van der Waals surface area contributed by atoms with Crippen molar-refractivity contribution in [2.45, 2.75) is 33.2 Å². The van der Waals surface area contributed by atoms with E-state index < -0.39 is 17.7 Å². The van der Waals surface area contributed by atoms with Crippen LogP contribution in [0.15, 0.2) is 66.1 Å². The monoisotopic (exact) mass is 402 g/mol. The molecule has 0 fully saturated rings. The molecule has 5 nitrogen and oxygen atoms in total. The van der Waals surface area contributed by atoms with Crippen molar-refractivity contribution in [3.05, 3.63) is 82.8 Å². The van der Waals surface area contributed by atoms with Crippen molar-refractivity contribution in [2.75, 3.05) is 6.54 Å². The number of amides is 1. The molecule has 0 spiro atoms. The normalized spacial score (nSPS) is 16.9. The number of Topliss-reactive ketones (excluding diaryl/α,β-unsaturated/α-hetero) is 1. The standard InChI is InChI=1S/C25H26N2O3/c1-15(2)23(28)21-22(17-10-8-16(3)9-11-17)27(25(30)24(21)29)13-12-18-14-26-20-7-5-4-6-19(18)20/h4-11,14-15,22,26,29H,12-13H2,1-3H3. The fraction of sp³-hybridized carbons (Fsp3) is 0.280. The fourth-order valence-electron chi connectivity index (χ4n) is 4.12. The summed E-state index contributed by atoms with van der Waals surface area (Å²) in [7, 11) is 0. The third kappa shape index (κ3) is 3.41. The molecule has 1 amide bonds. The molecule has 2 heterocycles. The van der Waals surface area contributed by atoms with Gasteiger partial charge < -0.3 is 15.0 Å². The Morgan fingerprint density at radius 2 is 1.83 bits per heavy atom. The summed E-state index contributed by atoms with van der Waals surface area (Å²) >= 11 is 0. The van der Waals surface area contributed by atoms with Crippen molar-refractivity contribution < 1.29 is 14.7 Å². The smallest absolute Gasteiger partial charge is 0.290 e. The van der Waals surface area contributed by atoms with Crippen LogP contribution in [0.4, 0.5) is 0 Å². The Kier molecular flexibility index (Phi) is 5.20. The van der Waals surface area contributed by atoms with Crippen LogP contribution in [0.25, 0.3) is 10.9 Å². The second-order valence-corrected chi connectivity index (χ2v) is 8.20. The van der Waals surface area contributed by atoms with Gasteiger partial charge >= 0.3 is 0 Å². The van der Waals surface area contributed by atoms with E-state index in [-0.39, 0.29) is 17.3 Å². The molecule has 1 aromatic heterocycles. The number of aromatic nitrogens is 1. The fourth-order valence-corrected chi connectivity index (χ4v) is 4.12. The van der Waals surface area contributed by atoms with E-state index in [9.17, 15) is 14.7 Å². The van der Waals surface area contributed by atoms with Crippen LogP contribution in [0.1, 0.15) is 36.6 Å². The van der Waals surface area contributed by atoms with E-state index >= 15 is 0 Å². The predicted molar refractivity (Wildman–Crippen MR) is 117 cm³/mol. The first-order valence-corrected chi connectivity index (χ1v) is 10.3. The van der Waals surface area contributed by atoms with E-state index in [1.807, 2.05) is 61.7 Å².